The molecule has 0 aromatic heterocycles. The summed E-state index contributed by atoms with van der Waals surface area (Å²) in [6, 6.07) is 4.41. The molecule has 22 heavy (non-hydrogen) atoms. The highest BCUT2D eigenvalue weighted by atomic mass is 15.9. The fourth-order valence-corrected chi connectivity index (χ4v) is 2.48. The number of benzene rings is 1. The Morgan fingerprint density at radius 3 is 2.45 bits per heavy atom. The van der Waals surface area contributed by atoms with Gasteiger partial charge in [0, 0.05) is 46.5 Å². The zero-order valence-corrected chi connectivity index (χ0v) is 14.5. The molecule has 2 rings (SSSR count). The summed E-state index contributed by atoms with van der Waals surface area (Å²) in [6.07, 6.45) is 3.00. The first kappa shape index (κ1) is 16.8. The van der Waals surface area contributed by atoms with Gasteiger partial charge in [-0.05, 0) is 24.1 Å². The van der Waals surface area contributed by atoms with Gasteiger partial charge in [0.05, 0.1) is 5.69 Å². The van der Waals surface area contributed by atoms with Crippen molar-refractivity contribution in [3.63, 3.8) is 0 Å². The monoisotopic (exact) mass is 304 g/mol. The van der Waals surface area contributed by atoms with Crippen molar-refractivity contribution >= 4 is 17.5 Å². The maximum Gasteiger partial charge on any atom is 0.162 e. The Morgan fingerprint density at radius 1 is 1.32 bits per heavy atom. The van der Waals surface area contributed by atoms with Crippen molar-refractivity contribution in [2.75, 3.05) is 45.6 Å². The van der Waals surface area contributed by atoms with E-state index in [4.69, 9.17) is 0 Å². The molecule has 0 saturated carbocycles. The first-order valence-corrected chi connectivity index (χ1v) is 7.58. The Labute approximate surface area is 133 Å². The molecule has 1 aromatic carbocycles. The van der Waals surface area contributed by atoms with Crippen LogP contribution < -0.4 is 15.8 Å². The number of hydrogen-bond acceptors (Lipinski definition) is 6. The van der Waals surface area contributed by atoms with Gasteiger partial charge < -0.3 is 10.3 Å². The number of hydrogen-bond donors (Lipinski definition) is 2. The van der Waals surface area contributed by atoms with Crippen molar-refractivity contribution in [2.24, 2.45) is 0 Å². The minimum atomic E-state index is 0.116. The van der Waals surface area contributed by atoms with Crippen LogP contribution in [0, 0.1) is 0 Å². The van der Waals surface area contributed by atoms with Crippen molar-refractivity contribution in [1.82, 2.24) is 20.6 Å². The van der Waals surface area contributed by atoms with Gasteiger partial charge in [0.25, 0.3) is 0 Å². The second kappa shape index (κ2) is 6.66. The molecule has 1 aromatic rings. The Balaban J connectivity index is 2.32. The molecule has 0 aliphatic carbocycles. The molecule has 1 unspecified atom stereocenters. The molecule has 6 nitrogen and oxygen atoms in total. The van der Waals surface area contributed by atoms with Crippen LogP contribution in [-0.4, -0.2) is 56.7 Å². The maximum atomic E-state index is 3.96. The molecule has 2 N–H and O–H groups in total. The molecule has 1 saturated heterocycles. The lowest BCUT2D eigenvalue weighted by molar-refractivity contribution is -0.184. The van der Waals surface area contributed by atoms with Crippen LogP contribution >= 0.6 is 0 Å². The zero-order chi connectivity index (χ0) is 16.4. The molecule has 1 fully saturated rings. The highest BCUT2D eigenvalue weighted by Crippen LogP contribution is 2.30. The summed E-state index contributed by atoms with van der Waals surface area (Å²) >= 11 is 0. The van der Waals surface area contributed by atoms with Gasteiger partial charge in [0.15, 0.2) is 6.29 Å². The van der Waals surface area contributed by atoms with Crippen LogP contribution in [0.25, 0.3) is 6.08 Å². The van der Waals surface area contributed by atoms with Crippen LogP contribution in [0.15, 0.2) is 18.7 Å². The molecule has 0 amide bonds. The molecule has 1 atom stereocenters. The third-order valence-electron chi connectivity index (χ3n) is 4.25. The Bertz CT molecular complexity index is 542. The molecular formula is C16H28N6. The number of nitrogens with one attached hydrogen (secondary N) is 2. The van der Waals surface area contributed by atoms with Gasteiger partial charge in [-0.25, -0.2) is 10.4 Å². The number of aryl methyl sites for hydroxylation is 1. The quantitative estimate of drug-likeness (QED) is 0.781. The third-order valence-corrected chi connectivity index (χ3v) is 4.25. The second-order valence-corrected chi connectivity index (χ2v) is 5.77. The van der Waals surface area contributed by atoms with Gasteiger partial charge in [-0.15, -0.1) is 0 Å². The number of nitrogens with zero attached hydrogens (tertiary/aromatic N) is 4. The Morgan fingerprint density at radius 2 is 2.00 bits per heavy atom. The standard InChI is InChI=1S/C16H28N6/c1-8-12-11-15(20(5)19(3)4)13(9-2)10-14(12)17-16-18-22(7)21(16)6/h9-11,16-18H,2,8H2,1,3-7H3. The van der Waals surface area contributed by atoms with E-state index < -0.39 is 0 Å². The van der Waals surface area contributed by atoms with Crippen LogP contribution in [0.5, 0.6) is 0 Å². The lowest BCUT2D eigenvalue weighted by atomic mass is 10.0. The van der Waals surface area contributed by atoms with E-state index in [-0.39, 0.29) is 6.29 Å². The summed E-state index contributed by atoms with van der Waals surface area (Å²) in [6.45, 7) is 6.14. The molecule has 0 spiro atoms. The predicted molar refractivity (Wildman–Crippen MR) is 94.1 cm³/mol. The predicted octanol–water partition coefficient (Wildman–Crippen LogP) is 1.80. The van der Waals surface area contributed by atoms with Gasteiger partial charge in [0.2, 0.25) is 0 Å². The van der Waals surface area contributed by atoms with Gasteiger partial charge in [0.1, 0.15) is 0 Å². The molecule has 6 heteroatoms. The van der Waals surface area contributed by atoms with E-state index in [1.807, 2.05) is 39.4 Å². The summed E-state index contributed by atoms with van der Waals surface area (Å²) in [5, 5.41) is 11.8. The minimum Gasteiger partial charge on any atom is -0.355 e. The average molecular weight is 304 g/mol. The fourth-order valence-electron chi connectivity index (χ4n) is 2.48. The summed E-state index contributed by atoms with van der Waals surface area (Å²) < 4.78 is 0. The first-order valence-electron chi connectivity index (χ1n) is 7.58. The van der Waals surface area contributed by atoms with Gasteiger partial charge in [-0.1, -0.05) is 19.6 Å². The van der Waals surface area contributed by atoms with Crippen LogP contribution in [0.2, 0.25) is 0 Å². The lowest BCUT2D eigenvalue weighted by Crippen LogP contribution is -2.72. The van der Waals surface area contributed by atoms with Crippen LogP contribution in [-0.2, 0) is 6.42 Å². The summed E-state index contributed by atoms with van der Waals surface area (Å²) in [4.78, 5) is 0. The number of rotatable bonds is 6. The highest BCUT2D eigenvalue weighted by Gasteiger charge is 2.29. The molecule has 1 heterocycles. The SMILES string of the molecule is C=Cc1cc(NC2NN(C)N2C)c(CC)cc1N(C)N(C)C. The molecule has 122 valence electrons. The summed E-state index contributed by atoms with van der Waals surface area (Å²) in [5.74, 6) is 0. The van der Waals surface area contributed by atoms with E-state index in [1.165, 1.54) is 5.56 Å². The van der Waals surface area contributed by atoms with Crippen molar-refractivity contribution in [1.29, 1.82) is 0 Å². The first-order chi connectivity index (χ1) is 10.4. The second-order valence-electron chi connectivity index (χ2n) is 5.77. The Hall–Kier alpha value is -1.60. The lowest BCUT2D eigenvalue weighted by Gasteiger charge is -2.48. The average Bonchev–Trinajstić information content (AvgIpc) is 2.52. The number of anilines is 2. The van der Waals surface area contributed by atoms with Crippen LogP contribution in [0.1, 0.15) is 18.1 Å². The van der Waals surface area contributed by atoms with Crippen molar-refractivity contribution < 1.29 is 0 Å². The minimum absolute atomic E-state index is 0.116. The van der Waals surface area contributed by atoms with Crippen LogP contribution in [0.4, 0.5) is 11.4 Å². The summed E-state index contributed by atoms with van der Waals surface area (Å²) in [7, 11) is 10.2. The molecule has 1 aliphatic heterocycles. The van der Waals surface area contributed by atoms with Gasteiger partial charge in [-0.3, -0.25) is 0 Å². The Kier molecular flexibility index (Phi) is 5.08. The molecule has 1 aliphatic rings. The van der Waals surface area contributed by atoms with E-state index in [1.54, 1.807) is 0 Å². The van der Waals surface area contributed by atoms with E-state index >= 15 is 0 Å². The summed E-state index contributed by atoms with van der Waals surface area (Å²) in [5.41, 5.74) is 8.00. The van der Waals surface area contributed by atoms with Crippen LogP contribution in [0.3, 0.4) is 0 Å². The van der Waals surface area contributed by atoms with E-state index in [0.29, 0.717) is 0 Å². The topological polar surface area (TPSA) is 37.0 Å². The fraction of sp³-hybridized carbons (Fsp3) is 0.500. The van der Waals surface area contributed by atoms with Crippen molar-refractivity contribution in [3.8, 4) is 0 Å². The van der Waals surface area contributed by atoms with E-state index in [2.05, 4.69) is 58.5 Å². The van der Waals surface area contributed by atoms with E-state index in [9.17, 15) is 0 Å². The van der Waals surface area contributed by atoms with Gasteiger partial charge in [-0.2, -0.15) is 10.1 Å². The highest BCUT2D eigenvalue weighted by molar-refractivity contribution is 5.73. The third kappa shape index (κ3) is 3.10. The van der Waals surface area contributed by atoms with E-state index in [0.717, 1.165) is 23.4 Å². The molecular weight excluding hydrogens is 276 g/mol. The van der Waals surface area contributed by atoms with Crippen molar-refractivity contribution in [2.45, 2.75) is 19.6 Å². The maximum absolute atomic E-state index is 3.96. The zero-order valence-electron chi connectivity index (χ0n) is 14.5. The largest absolute Gasteiger partial charge is 0.355 e. The molecule has 0 radical (unpaired) electrons. The normalized spacial score (nSPS) is 19.1. The molecule has 0 bridgehead atoms. The smallest absolute Gasteiger partial charge is 0.162 e. The van der Waals surface area contributed by atoms with Gasteiger partial charge >= 0.3 is 0 Å². The van der Waals surface area contributed by atoms with Crippen molar-refractivity contribution in [3.05, 3.63) is 29.8 Å². The number of hydrazine groups is 3.